The first-order valence-corrected chi connectivity index (χ1v) is 8.24. The summed E-state index contributed by atoms with van der Waals surface area (Å²) in [6, 6.07) is 14.1. The van der Waals surface area contributed by atoms with Crippen molar-refractivity contribution in [1.82, 2.24) is 14.9 Å². The number of H-pyrrole nitrogens is 1. The van der Waals surface area contributed by atoms with Gasteiger partial charge in [-0.15, -0.1) is 0 Å². The van der Waals surface area contributed by atoms with Crippen molar-refractivity contribution in [2.24, 2.45) is 5.10 Å². The summed E-state index contributed by atoms with van der Waals surface area (Å²) >= 11 is 11.3. The summed E-state index contributed by atoms with van der Waals surface area (Å²) < 4.78 is 7.02. The molecule has 0 aliphatic carbocycles. The molecular formula is C17H13ClN4O3S. The first-order valence-electron chi connectivity index (χ1n) is 7.46. The quantitative estimate of drug-likeness (QED) is 0.497. The Labute approximate surface area is 158 Å². The van der Waals surface area contributed by atoms with Crippen molar-refractivity contribution < 1.29 is 14.6 Å². The zero-order chi connectivity index (χ0) is 18.5. The predicted octanol–water partition coefficient (Wildman–Crippen LogP) is 3.61. The van der Waals surface area contributed by atoms with E-state index in [0.29, 0.717) is 26.9 Å². The van der Waals surface area contributed by atoms with Gasteiger partial charge in [-0.05, 0) is 36.5 Å². The molecule has 2 N–H and O–H groups in total. The van der Waals surface area contributed by atoms with Crippen LogP contribution in [0.15, 0.2) is 53.6 Å². The van der Waals surface area contributed by atoms with Gasteiger partial charge in [0.1, 0.15) is 5.75 Å². The van der Waals surface area contributed by atoms with Crippen molar-refractivity contribution in [1.29, 1.82) is 0 Å². The monoisotopic (exact) mass is 388 g/mol. The lowest BCUT2D eigenvalue weighted by Gasteiger charge is -2.06. The molecule has 9 heteroatoms. The molecule has 0 spiro atoms. The Balaban J connectivity index is 1.94. The Kier molecular flexibility index (Phi) is 5.45. The van der Waals surface area contributed by atoms with E-state index < -0.39 is 12.6 Å². The van der Waals surface area contributed by atoms with Crippen molar-refractivity contribution in [2.75, 3.05) is 6.61 Å². The zero-order valence-electron chi connectivity index (χ0n) is 13.3. The van der Waals surface area contributed by atoms with Gasteiger partial charge in [-0.3, -0.25) is 0 Å². The molecular weight excluding hydrogens is 376 g/mol. The summed E-state index contributed by atoms with van der Waals surface area (Å²) in [7, 11) is 0. The second-order valence-corrected chi connectivity index (χ2v) is 5.96. The molecule has 3 rings (SSSR count). The van der Waals surface area contributed by atoms with Gasteiger partial charge in [0.25, 0.3) is 0 Å². The van der Waals surface area contributed by atoms with Crippen molar-refractivity contribution >= 4 is 36.0 Å². The van der Waals surface area contributed by atoms with E-state index in [1.165, 1.54) is 10.9 Å². The maximum Gasteiger partial charge on any atom is 0.341 e. The summed E-state index contributed by atoms with van der Waals surface area (Å²) in [5.74, 6) is -0.160. The molecule has 26 heavy (non-hydrogen) atoms. The van der Waals surface area contributed by atoms with Gasteiger partial charge in [0, 0.05) is 16.1 Å². The Hall–Kier alpha value is -2.97. The lowest BCUT2D eigenvalue weighted by Crippen LogP contribution is -2.10. The van der Waals surface area contributed by atoms with Gasteiger partial charge >= 0.3 is 5.97 Å². The van der Waals surface area contributed by atoms with E-state index in [1.807, 2.05) is 6.07 Å². The van der Waals surface area contributed by atoms with Crippen LogP contribution in [-0.4, -0.2) is 38.8 Å². The van der Waals surface area contributed by atoms with Gasteiger partial charge in [-0.2, -0.15) is 14.9 Å². The van der Waals surface area contributed by atoms with Crippen LogP contribution in [0.25, 0.3) is 11.4 Å². The molecule has 0 unspecified atom stereocenters. The minimum atomic E-state index is -1.06. The Bertz CT molecular complexity index is 1030. The number of aliphatic carboxylic acids is 1. The van der Waals surface area contributed by atoms with E-state index in [4.69, 9.17) is 33.7 Å². The number of nitrogens with one attached hydrogen (secondary N) is 1. The lowest BCUT2D eigenvalue weighted by atomic mass is 10.2. The number of rotatable bonds is 6. The highest BCUT2D eigenvalue weighted by atomic mass is 35.5. The van der Waals surface area contributed by atoms with Crippen LogP contribution in [0, 0.1) is 4.77 Å². The number of carboxylic acids is 1. The summed E-state index contributed by atoms with van der Waals surface area (Å²) in [4.78, 5) is 10.7. The van der Waals surface area contributed by atoms with Gasteiger partial charge in [-0.1, -0.05) is 35.9 Å². The summed E-state index contributed by atoms with van der Waals surface area (Å²) in [6.45, 7) is -0.441. The molecule has 0 radical (unpaired) electrons. The number of carboxylic acid groups (broad SMARTS) is 1. The fourth-order valence-electron chi connectivity index (χ4n) is 2.19. The normalized spacial score (nSPS) is 11.0. The number of para-hydroxylation sites is 1. The minimum absolute atomic E-state index is 0.306. The molecule has 0 saturated carbocycles. The maximum absolute atomic E-state index is 10.7. The van der Waals surface area contributed by atoms with Gasteiger partial charge in [0.05, 0.1) is 6.21 Å². The smallest absolute Gasteiger partial charge is 0.341 e. The average Bonchev–Trinajstić information content (AvgIpc) is 2.99. The third-order valence-electron chi connectivity index (χ3n) is 3.32. The van der Waals surface area contributed by atoms with Crippen molar-refractivity contribution in [3.05, 3.63) is 63.9 Å². The first-order chi connectivity index (χ1) is 12.5. The molecule has 0 atom stereocenters. The van der Waals surface area contributed by atoms with Gasteiger partial charge in [0.15, 0.2) is 12.4 Å². The molecule has 7 nitrogen and oxygen atoms in total. The predicted molar refractivity (Wildman–Crippen MR) is 100 cm³/mol. The number of aromatic amines is 1. The number of hydrogen-bond donors (Lipinski definition) is 2. The minimum Gasteiger partial charge on any atom is -0.481 e. The highest BCUT2D eigenvalue weighted by Gasteiger charge is 2.09. The molecule has 0 aliphatic heterocycles. The van der Waals surface area contributed by atoms with E-state index in [2.05, 4.69) is 15.3 Å². The van der Waals surface area contributed by atoms with Gasteiger partial charge in [-0.25, -0.2) is 9.89 Å². The molecule has 132 valence electrons. The number of hydrogen-bond acceptors (Lipinski definition) is 5. The van der Waals surface area contributed by atoms with E-state index in [-0.39, 0.29) is 0 Å². The van der Waals surface area contributed by atoms with E-state index in [1.54, 1.807) is 42.5 Å². The highest BCUT2D eigenvalue weighted by molar-refractivity contribution is 7.71. The summed E-state index contributed by atoms with van der Waals surface area (Å²) in [5.41, 5.74) is 1.35. The van der Waals surface area contributed by atoms with Crippen LogP contribution in [0.4, 0.5) is 0 Å². The molecule has 0 amide bonds. The van der Waals surface area contributed by atoms with Crippen LogP contribution in [0.2, 0.25) is 5.02 Å². The Morgan fingerprint density at radius 2 is 2.15 bits per heavy atom. The average molecular weight is 389 g/mol. The standard InChI is InChI=1S/C17H13ClN4O3S/c18-13-6-3-5-11(8-13)16-20-21-17(26)22(16)19-9-12-4-1-2-7-14(12)25-10-15(23)24/h1-9H,10H2,(H,21,26)(H,23,24)/b19-9+. The third kappa shape index (κ3) is 4.16. The number of benzene rings is 2. The summed E-state index contributed by atoms with van der Waals surface area (Å²) in [5, 5.41) is 20.6. The molecule has 2 aromatic carbocycles. The van der Waals surface area contributed by atoms with Crippen LogP contribution < -0.4 is 4.74 Å². The SMILES string of the molecule is O=C(O)COc1ccccc1/C=N/n1c(-c2cccc(Cl)c2)n[nH]c1=S. The molecule has 0 fully saturated rings. The van der Waals surface area contributed by atoms with E-state index in [0.717, 1.165) is 5.56 Å². The number of ether oxygens (including phenoxy) is 1. The second kappa shape index (κ2) is 7.94. The first kappa shape index (κ1) is 17.8. The lowest BCUT2D eigenvalue weighted by molar-refractivity contribution is -0.139. The highest BCUT2D eigenvalue weighted by Crippen LogP contribution is 2.21. The molecule has 1 heterocycles. The van der Waals surface area contributed by atoms with Crippen LogP contribution in [0.5, 0.6) is 5.75 Å². The van der Waals surface area contributed by atoms with Crippen LogP contribution in [0.1, 0.15) is 5.56 Å². The van der Waals surface area contributed by atoms with E-state index >= 15 is 0 Å². The number of aromatic nitrogens is 3. The fourth-order valence-corrected chi connectivity index (χ4v) is 2.56. The summed E-state index contributed by atoms with van der Waals surface area (Å²) in [6.07, 6.45) is 1.52. The maximum atomic E-state index is 10.7. The number of nitrogens with zero attached hydrogens (tertiary/aromatic N) is 3. The molecule has 0 aliphatic rings. The van der Waals surface area contributed by atoms with Crippen molar-refractivity contribution in [3.63, 3.8) is 0 Å². The number of carbonyl (C=O) groups is 1. The molecule has 0 saturated heterocycles. The number of halogens is 1. The Morgan fingerprint density at radius 1 is 1.35 bits per heavy atom. The van der Waals surface area contributed by atoms with E-state index in [9.17, 15) is 4.79 Å². The zero-order valence-corrected chi connectivity index (χ0v) is 14.9. The van der Waals surface area contributed by atoms with Crippen LogP contribution in [-0.2, 0) is 4.79 Å². The Morgan fingerprint density at radius 3 is 2.92 bits per heavy atom. The molecule has 1 aromatic heterocycles. The van der Waals surface area contributed by atoms with Gasteiger partial charge < -0.3 is 9.84 Å². The molecule has 0 bridgehead atoms. The second-order valence-electron chi connectivity index (χ2n) is 5.14. The van der Waals surface area contributed by atoms with Crippen LogP contribution in [0.3, 0.4) is 0 Å². The largest absolute Gasteiger partial charge is 0.481 e. The van der Waals surface area contributed by atoms with Gasteiger partial charge in [0.2, 0.25) is 4.77 Å². The molecule has 3 aromatic rings. The van der Waals surface area contributed by atoms with Crippen LogP contribution >= 0.6 is 23.8 Å². The fraction of sp³-hybridized carbons (Fsp3) is 0.0588. The topological polar surface area (TPSA) is 92.5 Å². The van der Waals surface area contributed by atoms with Crippen molar-refractivity contribution in [3.8, 4) is 17.1 Å². The third-order valence-corrected chi connectivity index (χ3v) is 3.82. The van der Waals surface area contributed by atoms with Crippen molar-refractivity contribution in [2.45, 2.75) is 0 Å².